The number of para-hydroxylation sites is 1. The third-order valence-corrected chi connectivity index (χ3v) is 2.22. The van der Waals surface area contributed by atoms with Gasteiger partial charge in [-0.3, -0.25) is 4.79 Å². The van der Waals surface area contributed by atoms with E-state index >= 15 is 0 Å². The van der Waals surface area contributed by atoms with Gasteiger partial charge < -0.3 is 14.7 Å². The largest absolute Gasteiger partial charge is 0.481 e. The quantitative estimate of drug-likeness (QED) is 0.784. The minimum absolute atomic E-state index is 0.264. The van der Waals surface area contributed by atoms with Gasteiger partial charge in [0.15, 0.2) is 5.58 Å². The van der Waals surface area contributed by atoms with Gasteiger partial charge in [0.2, 0.25) is 0 Å². The first-order chi connectivity index (χ1) is 7.24. The Bertz CT molecular complexity index is 491. The van der Waals surface area contributed by atoms with E-state index in [1.165, 1.54) is 0 Å². The fraction of sp³-hybridized carbons (Fsp3) is 0.200. The lowest BCUT2D eigenvalue weighted by molar-refractivity contribution is -0.139. The van der Waals surface area contributed by atoms with Crippen molar-refractivity contribution in [1.29, 1.82) is 0 Å². The molecule has 0 spiro atoms. The summed E-state index contributed by atoms with van der Waals surface area (Å²) in [6.45, 7) is -0.494. The van der Waals surface area contributed by atoms with E-state index in [2.05, 4.69) is 5.16 Å². The van der Waals surface area contributed by atoms with E-state index < -0.39 is 18.5 Å². The zero-order chi connectivity index (χ0) is 10.8. The summed E-state index contributed by atoms with van der Waals surface area (Å²) in [6.07, 6.45) is 0. The highest BCUT2D eigenvalue weighted by molar-refractivity contribution is 5.86. The molecule has 5 heteroatoms. The first-order valence-electron chi connectivity index (χ1n) is 4.42. The maximum Gasteiger partial charge on any atom is 0.315 e. The molecule has 1 aromatic heterocycles. The van der Waals surface area contributed by atoms with E-state index in [0.717, 1.165) is 0 Å². The van der Waals surface area contributed by atoms with Crippen LogP contribution in [0.2, 0.25) is 0 Å². The third-order valence-electron chi connectivity index (χ3n) is 2.22. The van der Waals surface area contributed by atoms with Crippen molar-refractivity contribution in [3.05, 3.63) is 30.0 Å². The fourth-order valence-corrected chi connectivity index (χ4v) is 1.44. The van der Waals surface area contributed by atoms with Crippen LogP contribution in [0.15, 0.2) is 28.8 Å². The lowest BCUT2D eigenvalue weighted by Gasteiger charge is -2.04. The highest BCUT2D eigenvalue weighted by atomic mass is 16.5. The average Bonchev–Trinajstić information content (AvgIpc) is 2.63. The number of carbonyl (C=O) groups is 1. The molecule has 0 aliphatic rings. The van der Waals surface area contributed by atoms with Crippen molar-refractivity contribution >= 4 is 16.9 Å². The molecule has 0 bridgehead atoms. The zero-order valence-corrected chi connectivity index (χ0v) is 7.75. The minimum atomic E-state index is -1.11. The summed E-state index contributed by atoms with van der Waals surface area (Å²) in [6, 6.07) is 6.94. The molecule has 2 aromatic rings. The number of aliphatic hydroxyl groups excluding tert-OH is 1. The molecule has 0 aliphatic carbocycles. The van der Waals surface area contributed by atoms with Crippen LogP contribution in [0.1, 0.15) is 11.6 Å². The molecule has 1 aromatic carbocycles. The van der Waals surface area contributed by atoms with Gasteiger partial charge in [0.1, 0.15) is 11.6 Å². The first kappa shape index (κ1) is 9.67. The molecule has 5 nitrogen and oxygen atoms in total. The van der Waals surface area contributed by atoms with Crippen molar-refractivity contribution in [1.82, 2.24) is 5.16 Å². The molecule has 1 atom stereocenters. The molecule has 1 heterocycles. The number of fused-ring (bicyclic) bond motifs is 1. The van der Waals surface area contributed by atoms with Gasteiger partial charge in [-0.05, 0) is 12.1 Å². The number of aromatic nitrogens is 1. The van der Waals surface area contributed by atoms with Crippen molar-refractivity contribution < 1.29 is 19.5 Å². The van der Waals surface area contributed by atoms with Crippen molar-refractivity contribution in [3.8, 4) is 0 Å². The maximum atomic E-state index is 10.8. The number of carboxylic acid groups (broad SMARTS) is 1. The normalized spacial score (nSPS) is 12.9. The Labute approximate surface area is 84.9 Å². The zero-order valence-electron chi connectivity index (χ0n) is 7.75. The molecule has 0 amide bonds. The summed E-state index contributed by atoms with van der Waals surface area (Å²) in [5.74, 6) is -2.15. The summed E-state index contributed by atoms with van der Waals surface area (Å²) < 4.78 is 4.96. The molecule has 1 unspecified atom stereocenters. The molecule has 0 radical (unpaired) electrons. The average molecular weight is 207 g/mol. The topological polar surface area (TPSA) is 83.6 Å². The van der Waals surface area contributed by atoms with Gasteiger partial charge in [-0.25, -0.2) is 0 Å². The highest BCUT2D eigenvalue weighted by Gasteiger charge is 2.24. The summed E-state index contributed by atoms with van der Waals surface area (Å²) in [5.41, 5.74) is 0.785. The number of nitrogens with zero attached hydrogens (tertiary/aromatic N) is 1. The summed E-state index contributed by atoms with van der Waals surface area (Å²) >= 11 is 0. The highest BCUT2D eigenvalue weighted by Crippen LogP contribution is 2.24. The number of rotatable bonds is 3. The van der Waals surface area contributed by atoms with Crippen LogP contribution < -0.4 is 0 Å². The van der Waals surface area contributed by atoms with Gasteiger partial charge in [0.25, 0.3) is 0 Å². The fourth-order valence-electron chi connectivity index (χ4n) is 1.44. The van der Waals surface area contributed by atoms with Crippen LogP contribution >= 0.6 is 0 Å². The van der Waals surface area contributed by atoms with Crippen molar-refractivity contribution in [2.75, 3.05) is 6.61 Å². The van der Waals surface area contributed by atoms with Gasteiger partial charge in [-0.15, -0.1) is 0 Å². The van der Waals surface area contributed by atoms with Crippen LogP contribution in [0.4, 0.5) is 0 Å². The molecule has 78 valence electrons. The Kier molecular flexibility index (Phi) is 2.39. The second kappa shape index (κ2) is 3.70. The molecular weight excluding hydrogens is 198 g/mol. The molecule has 2 rings (SSSR count). The van der Waals surface area contributed by atoms with Gasteiger partial charge in [0.05, 0.1) is 6.61 Å². The predicted octanol–water partition coefficient (Wildman–Crippen LogP) is 0.988. The van der Waals surface area contributed by atoms with Crippen LogP contribution in [-0.4, -0.2) is 27.9 Å². The van der Waals surface area contributed by atoms with E-state index in [0.29, 0.717) is 11.0 Å². The second-order valence-electron chi connectivity index (χ2n) is 3.14. The van der Waals surface area contributed by atoms with Crippen LogP contribution in [0.3, 0.4) is 0 Å². The van der Waals surface area contributed by atoms with Gasteiger partial charge in [-0.2, -0.15) is 0 Å². The lowest BCUT2D eigenvalue weighted by Crippen LogP contribution is -2.16. The maximum absolute atomic E-state index is 10.8. The summed E-state index contributed by atoms with van der Waals surface area (Å²) in [7, 11) is 0. The van der Waals surface area contributed by atoms with E-state index in [1.807, 2.05) is 0 Å². The number of benzene rings is 1. The second-order valence-corrected chi connectivity index (χ2v) is 3.14. The van der Waals surface area contributed by atoms with E-state index in [9.17, 15) is 4.79 Å². The van der Waals surface area contributed by atoms with Crippen LogP contribution in [0, 0.1) is 0 Å². The monoisotopic (exact) mass is 207 g/mol. The Morgan fingerprint density at radius 3 is 2.87 bits per heavy atom. The third kappa shape index (κ3) is 1.57. The lowest BCUT2D eigenvalue weighted by atomic mass is 10.0. The number of aliphatic hydroxyl groups is 1. The molecule has 0 fully saturated rings. The SMILES string of the molecule is O=C(O)C(CO)c1noc2ccccc12. The van der Waals surface area contributed by atoms with E-state index in [-0.39, 0.29) is 5.69 Å². The molecule has 0 saturated heterocycles. The predicted molar refractivity (Wildman–Crippen MR) is 51.5 cm³/mol. The van der Waals surface area contributed by atoms with Gasteiger partial charge >= 0.3 is 5.97 Å². The van der Waals surface area contributed by atoms with Crippen molar-refractivity contribution in [2.24, 2.45) is 0 Å². The van der Waals surface area contributed by atoms with E-state index in [4.69, 9.17) is 14.7 Å². The Balaban J connectivity index is 2.55. The van der Waals surface area contributed by atoms with Gasteiger partial charge in [0, 0.05) is 5.39 Å². The van der Waals surface area contributed by atoms with Crippen molar-refractivity contribution in [3.63, 3.8) is 0 Å². The molecule has 15 heavy (non-hydrogen) atoms. The number of hydrogen-bond donors (Lipinski definition) is 2. The molecule has 0 saturated carbocycles. The minimum Gasteiger partial charge on any atom is -0.481 e. The van der Waals surface area contributed by atoms with Crippen LogP contribution in [0.25, 0.3) is 11.0 Å². The number of hydrogen-bond acceptors (Lipinski definition) is 4. The molecular formula is C10H9NO4. The molecule has 2 N–H and O–H groups in total. The first-order valence-corrected chi connectivity index (χ1v) is 4.42. The smallest absolute Gasteiger partial charge is 0.315 e. The summed E-state index contributed by atoms with van der Waals surface area (Å²) in [4.78, 5) is 10.8. The van der Waals surface area contributed by atoms with Crippen LogP contribution in [0.5, 0.6) is 0 Å². The van der Waals surface area contributed by atoms with Crippen molar-refractivity contribution in [2.45, 2.75) is 5.92 Å². The standard InChI is InChI=1S/C10H9NO4/c12-5-7(10(13)14)9-6-3-1-2-4-8(6)15-11-9/h1-4,7,12H,5H2,(H,13,14). The van der Waals surface area contributed by atoms with Crippen LogP contribution in [-0.2, 0) is 4.79 Å². The number of aliphatic carboxylic acids is 1. The number of carboxylic acids is 1. The Morgan fingerprint density at radius 1 is 1.47 bits per heavy atom. The van der Waals surface area contributed by atoms with E-state index in [1.54, 1.807) is 24.3 Å². The Morgan fingerprint density at radius 2 is 2.20 bits per heavy atom. The molecule has 0 aliphatic heterocycles. The van der Waals surface area contributed by atoms with Gasteiger partial charge in [-0.1, -0.05) is 17.3 Å². The Hall–Kier alpha value is -1.88. The summed E-state index contributed by atoms with van der Waals surface area (Å²) in [5, 5.41) is 22.1.